The van der Waals surface area contributed by atoms with E-state index in [1.54, 1.807) is 0 Å². The number of esters is 1. The van der Waals surface area contributed by atoms with Gasteiger partial charge in [-0.2, -0.15) is 0 Å². The molecule has 118 valence electrons. The van der Waals surface area contributed by atoms with Crippen LogP contribution in [0.3, 0.4) is 0 Å². The van der Waals surface area contributed by atoms with Crippen LogP contribution in [0.4, 0.5) is 0 Å². The van der Waals surface area contributed by atoms with E-state index in [0.717, 1.165) is 51.6 Å². The summed E-state index contributed by atoms with van der Waals surface area (Å²) in [6.45, 7) is 0.879. The van der Waals surface area contributed by atoms with Crippen LogP contribution in [-0.4, -0.2) is 49.2 Å². The van der Waals surface area contributed by atoms with Crippen molar-refractivity contribution in [2.45, 2.75) is 88.0 Å². The second-order valence-corrected chi connectivity index (χ2v) is 6.70. The predicted molar refractivity (Wildman–Crippen MR) is 73.9 cm³/mol. The van der Waals surface area contributed by atoms with Crippen molar-refractivity contribution in [2.75, 3.05) is 6.61 Å². The molecule has 0 aliphatic carbocycles. The van der Waals surface area contributed by atoms with Crippen molar-refractivity contribution < 1.29 is 23.7 Å². The van der Waals surface area contributed by atoms with Crippen molar-refractivity contribution >= 4 is 5.97 Å². The lowest BCUT2D eigenvalue weighted by Gasteiger charge is -2.24. The molecule has 4 aliphatic heterocycles. The Balaban J connectivity index is 1.29. The highest BCUT2D eigenvalue weighted by molar-refractivity contribution is 5.71. The van der Waals surface area contributed by atoms with Gasteiger partial charge >= 0.3 is 5.97 Å². The summed E-state index contributed by atoms with van der Waals surface area (Å²) in [7, 11) is 0. The van der Waals surface area contributed by atoms with Crippen molar-refractivity contribution in [3.05, 3.63) is 0 Å². The average molecular weight is 296 g/mol. The minimum atomic E-state index is -0.0809. The zero-order valence-corrected chi connectivity index (χ0v) is 12.4. The molecular weight excluding hydrogens is 272 g/mol. The molecule has 0 N–H and O–H groups in total. The van der Waals surface area contributed by atoms with Crippen LogP contribution in [0.2, 0.25) is 0 Å². The highest BCUT2D eigenvalue weighted by Crippen LogP contribution is 2.37. The largest absolute Gasteiger partial charge is 0.460 e. The van der Waals surface area contributed by atoms with Crippen LogP contribution >= 0.6 is 0 Å². The van der Waals surface area contributed by atoms with E-state index in [9.17, 15) is 4.79 Å². The Kier molecular flexibility index (Phi) is 3.90. The number of hydrogen-bond acceptors (Lipinski definition) is 5. The third-order valence-electron chi connectivity index (χ3n) is 5.30. The molecule has 5 heteroatoms. The summed E-state index contributed by atoms with van der Waals surface area (Å²) in [6, 6.07) is 0. The molecular formula is C16H24O5. The fourth-order valence-corrected chi connectivity index (χ4v) is 4.18. The standard InChI is InChI=1S/C16H24O5/c17-16-8-7-15(21-16)14-6-5-13(20-14)12-4-3-11(19-12)10-2-1-9-18-10/h10-15H,1-9H2/t10-,11-,12-,13+,14-,15-/m1/s1. The number of hydrogen-bond donors (Lipinski definition) is 0. The predicted octanol–water partition coefficient (Wildman–Crippen LogP) is 1.97. The maximum absolute atomic E-state index is 11.2. The Bertz CT molecular complexity index is 392. The van der Waals surface area contributed by atoms with E-state index in [0.29, 0.717) is 12.5 Å². The Morgan fingerprint density at radius 3 is 1.86 bits per heavy atom. The smallest absolute Gasteiger partial charge is 0.306 e. The lowest BCUT2D eigenvalue weighted by atomic mass is 10.0. The second-order valence-electron chi connectivity index (χ2n) is 6.70. The van der Waals surface area contributed by atoms with Gasteiger partial charge in [0.05, 0.1) is 30.5 Å². The van der Waals surface area contributed by atoms with E-state index in [4.69, 9.17) is 18.9 Å². The van der Waals surface area contributed by atoms with Crippen molar-refractivity contribution in [3.63, 3.8) is 0 Å². The van der Waals surface area contributed by atoms with Crippen LogP contribution in [0, 0.1) is 0 Å². The van der Waals surface area contributed by atoms with Crippen LogP contribution in [0.25, 0.3) is 0 Å². The van der Waals surface area contributed by atoms with E-state index in [1.807, 2.05) is 0 Å². The zero-order chi connectivity index (χ0) is 14.2. The number of carbonyl (C=O) groups excluding carboxylic acids is 1. The zero-order valence-electron chi connectivity index (χ0n) is 12.4. The number of cyclic esters (lactones) is 1. The molecule has 0 spiro atoms. The van der Waals surface area contributed by atoms with Crippen LogP contribution in [0.15, 0.2) is 0 Å². The molecule has 0 aromatic rings. The third kappa shape index (κ3) is 2.83. The molecule has 4 heterocycles. The topological polar surface area (TPSA) is 54.0 Å². The summed E-state index contributed by atoms with van der Waals surface area (Å²) in [4.78, 5) is 11.2. The minimum absolute atomic E-state index is 0.0298. The molecule has 21 heavy (non-hydrogen) atoms. The molecule has 0 aromatic carbocycles. The molecule has 4 fully saturated rings. The van der Waals surface area contributed by atoms with E-state index in [1.165, 1.54) is 0 Å². The molecule has 4 saturated heterocycles. The van der Waals surface area contributed by atoms with Gasteiger partial charge in [-0.1, -0.05) is 0 Å². The van der Waals surface area contributed by atoms with Crippen LogP contribution in [-0.2, 0) is 23.7 Å². The number of ether oxygens (including phenoxy) is 4. The van der Waals surface area contributed by atoms with Gasteiger partial charge in [0.25, 0.3) is 0 Å². The van der Waals surface area contributed by atoms with Gasteiger partial charge < -0.3 is 18.9 Å². The summed E-state index contributed by atoms with van der Waals surface area (Å²) in [5, 5.41) is 0. The summed E-state index contributed by atoms with van der Waals surface area (Å²) in [5.41, 5.74) is 0. The maximum Gasteiger partial charge on any atom is 0.306 e. The quantitative estimate of drug-likeness (QED) is 0.745. The van der Waals surface area contributed by atoms with Gasteiger partial charge in [-0.15, -0.1) is 0 Å². The molecule has 0 saturated carbocycles. The molecule has 4 aliphatic rings. The Labute approximate surface area is 125 Å². The van der Waals surface area contributed by atoms with Crippen molar-refractivity contribution in [1.82, 2.24) is 0 Å². The minimum Gasteiger partial charge on any atom is -0.460 e. The van der Waals surface area contributed by atoms with Gasteiger partial charge in [0.2, 0.25) is 0 Å². The first-order chi connectivity index (χ1) is 10.3. The van der Waals surface area contributed by atoms with Crippen molar-refractivity contribution in [3.8, 4) is 0 Å². The van der Waals surface area contributed by atoms with Gasteiger partial charge in [0, 0.05) is 13.0 Å². The first-order valence-electron chi connectivity index (χ1n) is 8.41. The molecule has 0 radical (unpaired) electrons. The Hall–Kier alpha value is -0.650. The Morgan fingerprint density at radius 2 is 1.33 bits per heavy atom. The van der Waals surface area contributed by atoms with Gasteiger partial charge in [-0.25, -0.2) is 0 Å². The van der Waals surface area contributed by atoms with E-state index in [2.05, 4.69) is 0 Å². The Morgan fingerprint density at radius 1 is 0.714 bits per heavy atom. The van der Waals surface area contributed by atoms with Gasteiger partial charge in [0.1, 0.15) is 6.10 Å². The molecule has 0 aromatic heterocycles. The molecule has 5 nitrogen and oxygen atoms in total. The normalized spacial score (nSPS) is 47.1. The summed E-state index contributed by atoms with van der Waals surface area (Å²) in [6.07, 6.45) is 8.73. The summed E-state index contributed by atoms with van der Waals surface area (Å²) in [5.74, 6) is -0.0809. The maximum atomic E-state index is 11.2. The molecule has 0 unspecified atom stereocenters. The van der Waals surface area contributed by atoms with E-state index >= 15 is 0 Å². The summed E-state index contributed by atoms with van der Waals surface area (Å²) < 4.78 is 23.4. The number of carbonyl (C=O) groups is 1. The average Bonchev–Trinajstić information content (AvgIpc) is 3.25. The van der Waals surface area contributed by atoms with Crippen LogP contribution in [0.5, 0.6) is 0 Å². The number of rotatable bonds is 3. The molecule has 6 atom stereocenters. The first-order valence-corrected chi connectivity index (χ1v) is 8.41. The van der Waals surface area contributed by atoms with E-state index < -0.39 is 0 Å². The first kappa shape index (κ1) is 14.0. The monoisotopic (exact) mass is 296 g/mol. The SMILES string of the molecule is O=C1CC[C@H]([C@H]2CC[C@@H]([C@H]3CC[C@H]([C@H]4CCCO4)O3)O2)O1. The van der Waals surface area contributed by atoms with E-state index in [-0.39, 0.29) is 36.5 Å². The highest BCUT2D eigenvalue weighted by atomic mass is 16.6. The van der Waals surface area contributed by atoms with Gasteiger partial charge in [-0.3, -0.25) is 4.79 Å². The van der Waals surface area contributed by atoms with Gasteiger partial charge in [0.15, 0.2) is 0 Å². The van der Waals surface area contributed by atoms with Crippen LogP contribution in [0.1, 0.15) is 51.4 Å². The van der Waals surface area contributed by atoms with Crippen molar-refractivity contribution in [1.29, 1.82) is 0 Å². The fourth-order valence-electron chi connectivity index (χ4n) is 4.18. The van der Waals surface area contributed by atoms with Crippen LogP contribution < -0.4 is 0 Å². The summed E-state index contributed by atoms with van der Waals surface area (Å²) >= 11 is 0. The molecule has 0 bridgehead atoms. The highest BCUT2D eigenvalue weighted by Gasteiger charge is 2.43. The fraction of sp³-hybridized carbons (Fsp3) is 0.938. The lowest BCUT2D eigenvalue weighted by molar-refractivity contribution is -0.149. The lowest BCUT2D eigenvalue weighted by Crippen LogP contribution is -2.33. The molecule has 0 amide bonds. The molecule has 4 rings (SSSR count). The van der Waals surface area contributed by atoms with Gasteiger partial charge in [-0.05, 0) is 44.9 Å². The third-order valence-corrected chi connectivity index (χ3v) is 5.30. The second kappa shape index (κ2) is 5.86. The van der Waals surface area contributed by atoms with Crippen molar-refractivity contribution in [2.24, 2.45) is 0 Å².